The van der Waals surface area contributed by atoms with Gasteiger partial charge < -0.3 is 9.47 Å². The number of hydrogen-bond donors (Lipinski definition) is 0. The molecule has 0 N–H and O–H groups in total. The van der Waals surface area contributed by atoms with Crippen molar-refractivity contribution in [3.63, 3.8) is 0 Å². The summed E-state index contributed by atoms with van der Waals surface area (Å²) in [6.45, 7) is 3.24. The van der Waals surface area contributed by atoms with Crippen LogP contribution in [0.15, 0.2) is 0 Å². The van der Waals surface area contributed by atoms with Crippen molar-refractivity contribution >= 4 is 28.6 Å². The summed E-state index contributed by atoms with van der Waals surface area (Å²) in [6.07, 6.45) is 8.75. The fourth-order valence-electron chi connectivity index (χ4n) is 3.19. The van der Waals surface area contributed by atoms with Gasteiger partial charge in [0.15, 0.2) is 0 Å². The summed E-state index contributed by atoms with van der Waals surface area (Å²) >= 11 is 2.43. The summed E-state index contributed by atoms with van der Waals surface area (Å²) in [5, 5.41) is 0. The number of esters is 1. The van der Waals surface area contributed by atoms with E-state index in [0.717, 1.165) is 25.4 Å². The molecule has 0 aliphatic heterocycles. The van der Waals surface area contributed by atoms with Crippen LogP contribution in [-0.2, 0) is 14.3 Å². The number of carbonyl (C=O) groups is 1. The highest BCUT2D eigenvalue weighted by Gasteiger charge is 2.38. The highest BCUT2D eigenvalue weighted by molar-refractivity contribution is 14.1. The molecule has 2 saturated carbocycles. The summed E-state index contributed by atoms with van der Waals surface area (Å²) in [6, 6.07) is 0. The van der Waals surface area contributed by atoms with Gasteiger partial charge in [0.25, 0.3) is 0 Å². The fraction of sp³-hybridized carbons (Fsp3) is 0.933. The molecule has 0 spiro atoms. The van der Waals surface area contributed by atoms with Crippen LogP contribution >= 0.6 is 22.6 Å². The van der Waals surface area contributed by atoms with Crippen molar-refractivity contribution in [2.75, 3.05) is 13.2 Å². The van der Waals surface area contributed by atoms with Crippen molar-refractivity contribution < 1.29 is 14.3 Å². The molecular formula is C15H25IO3. The van der Waals surface area contributed by atoms with Gasteiger partial charge in [-0.15, -0.1) is 0 Å². The molecule has 19 heavy (non-hydrogen) atoms. The molecule has 2 fully saturated rings. The molecule has 0 aromatic heterocycles. The Morgan fingerprint density at radius 2 is 1.95 bits per heavy atom. The summed E-state index contributed by atoms with van der Waals surface area (Å²) in [5.41, 5.74) is 0. The van der Waals surface area contributed by atoms with E-state index >= 15 is 0 Å². The summed E-state index contributed by atoms with van der Waals surface area (Å²) in [4.78, 5) is 11.8. The molecule has 0 aromatic carbocycles. The smallest absolute Gasteiger partial charge is 0.309 e. The van der Waals surface area contributed by atoms with Gasteiger partial charge in [-0.05, 0) is 38.5 Å². The Labute approximate surface area is 129 Å². The lowest BCUT2D eigenvalue weighted by atomic mass is 9.90. The van der Waals surface area contributed by atoms with E-state index in [1.807, 2.05) is 6.92 Å². The second-order valence-corrected chi connectivity index (χ2v) is 7.41. The Balaban J connectivity index is 1.73. The van der Waals surface area contributed by atoms with Crippen LogP contribution in [0.5, 0.6) is 0 Å². The van der Waals surface area contributed by atoms with Crippen LogP contribution in [0.1, 0.15) is 51.9 Å². The molecule has 110 valence electrons. The lowest BCUT2D eigenvalue weighted by molar-refractivity contribution is -0.148. The maximum absolute atomic E-state index is 11.8. The Morgan fingerprint density at radius 3 is 2.63 bits per heavy atom. The molecule has 0 aromatic rings. The van der Waals surface area contributed by atoms with Gasteiger partial charge in [0.1, 0.15) is 0 Å². The molecule has 2 aliphatic rings. The van der Waals surface area contributed by atoms with E-state index in [1.165, 1.54) is 32.1 Å². The highest BCUT2D eigenvalue weighted by Crippen LogP contribution is 2.35. The van der Waals surface area contributed by atoms with Crippen LogP contribution in [0, 0.1) is 11.8 Å². The van der Waals surface area contributed by atoms with Crippen molar-refractivity contribution in [1.82, 2.24) is 0 Å². The van der Waals surface area contributed by atoms with Gasteiger partial charge in [0.2, 0.25) is 0 Å². The van der Waals surface area contributed by atoms with Gasteiger partial charge in [-0.2, -0.15) is 0 Å². The summed E-state index contributed by atoms with van der Waals surface area (Å²) in [7, 11) is 0. The maximum Gasteiger partial charge on any atom is 0.309 e. The monoisotopic (exact) mass is 380 g/mol. The van der Waals surface area contributed by atoms with Gasteiger partial charge in [-0.1, -0.05) is 41.9 Å². The molecular weight excluding hydrogens is 355 g/mol. The van der Waals surface area contributed by atoms with Gasteiger partial charge in [-0.25, -0.2) is 0 Å². The third-order valence-electron chi connectivity index (χ3n) is 4.32. The number of halogens is 1. The average Bonchev–Trinajstić information content (AvgIpc) is 2.79. The minimum atomic E-state index is -0.0343. The molecule has 2 rings (SSSR count). The zero-order valence-corrected chi connectivity index (χ0v) is 13.9. The largest absolute Gasteiger partial charge is 0.466 e. The van der Waals surface area contributed by atoms with Crippen LogP contribution in [0.25, 0.3) is 0 Å². The SMILES string of the molecule is CCOC(=O)C1CC(I)C(OCC2CCCCC2)C1. The Hall–Kier alpha value is 0.160. The summed E-state index contributed by atoms with van der Waals surface area (Å²) < 4.78 is 11.7. The lowest BCUT2D eigenvalue weighted by Gasteiger charge is -2.24. The standard InChI is InChI=1S/C15H25IO3/c1-2-18-15(17)12-8-13(16)14(9-12)19-10-11-6-4-3-5-7-11/h11-14H,2-10H2,1H3. The normalized spacial score (nSPS) is 32.4. The number of alkyl halides is 1. The lowest BCUT2D eigenvalue weighted by Crippen LogP contribution is -2.23. The Morgan fingerprint density at radius 1 is 1.21 bits per heavy atom. The third-order valence-corrected chi connectivity index (χ3v) is 5.63. The minimum absolute atomic E-state index is 0.0343. The molecule has 0 heterocycles. The van der Waals surface area contributed by atoms with Crippen molar-refractivity contribution in [3.05, 3.63) is 0 Å². The highest BCUT2D eigenvalue weighted by atomic mass is 127. The van der Waals surface area contributed by atoms with Crippen LogP contribution in [0.4, 0.5) is 0 Å². The van der Waals surface area contributed by atoms with Gasteiger partial charge in [0.05, 0.1) is 18.6 Å². The number of rotatable bonds is 5. The quantitative estimate of drug-likeness (QED) is 0.414. The molecule has 3 unspecified atom stereocenters. The molecule has 3 atom stereocenters. The van der Waals surface area contributed by atoms with E-state index in [2.05, 4.69) is 22.6 Å². The molecule has 0 saturated heterocycles. The van der Waals surface area contributed by atoms with Gasteiger partial charge in [0, 0.05) is 10.5 Å². The van der Waals surface area contributed by atoms with Crippen LogP contribution in [-0.4, -0.2) is 29.2 Å². The molecule has 3 nitrogen and oxygen atoms in total. The second kappa shape index (κ2) is 7.81. The Kier molecular flexibility index (Phi) is 6.39. The summed E-state index contributed by atoms with van der Waals surface area (Å²) in [5.74, 6) is 0.769. The fourth-order valence-corrected chi connectivity index (χ4v) is 4.30. The van der Waals surface area contributed by atoms with Gasteiger partial charge in [-0.3, -0.25) is 4.79 Å². The topological polar surface area (TPSA) is 35.5 Å². The van der Waals surface area contributed by atoms with E-state index in [-0.39, 0.29) is 18.0 Å². The van der Waals surface area contributed by atoms with Gasteiger partial charge >= 0.3 is 5.97 Å². The first-order valence-corrected chi connectivity index (χ1v) is 8.87. The van der Waals surface area contributed by atoms with E-state index < -0.39 is 0 Å². The van der Waals surface area contributed by atoms with E-state index in [1.54, 1.807) is 0 Å². The average molecular weight is 380 g/mol. The number of ether oxygens (including phenoxy) is 2. The van der Waals surface area contributed by atoms with Crippen LogP contribution < -0.4 is 0 Å². The third kappa shape index (κ3) is 4.59. The zero-order chi connectivity index (χ0) is 13.7. The number of hydrogen-bond acceptors (Lipinski definition) is 3. The maximum atomic E-state index is 11.8. The first kappa shape index (κ1) is 15.5. The second-order valence-electron chi connectivity index (χ2n) is 5.81. The van der Waals surface area contributed by atoms with E-state index in [9.17, 15) is 4.79 Å². The predicted octanol–water partition coefficient (Wildman–Crippen LogP) is 3.73. The van der Waals surface area contributed by atoms with Crippen molar-refractivity contribution in [1.29, 1.82) is 0 Å². The van der Waals surface area contributed by atoms with E-state index in [0.29, 0.717) is 10.5 Å². The molecule has 0 radical (unpaired) electrons. The van der Waals surface area contributed by atoms with Crippen molar-refractivity contribution in [3.8, 4) is 0 Å². The Bertz CT molecular complexity index is 289. The predicted molar refractivity (Wildman–Crippen MR) is 83.5 cm³/mol. The number of carbonyl (C=O) groups excluding carboxylic acids is 1. The van der Waals surface area contributed by atoms with Crippen LogP contribution in [0.3, 0.4) is 0 Å². The molecule has 4 heteroatoms. The van der Waals surface area contributed by atoms with Crippen molar-refractivity contribution in [2.45, 2.75) is 61.9 Å². The zero-order valence-electron chi connectivity index (χ0n) is 11.8. The molecule has 0 bridgehead atoms. The first-order valence-electron chi connectivity index (χ1n) is 7.63. The van der Waals surface area contributed by atoms with E-state index in [4.69, 9.17) is 9.47 Å². The molecule has 2 aliphatic carbocycles. The van der Waals surface area contributed by atoms with Crippen molar-refractivity contribution in [2.24, 2.45) is 11.8 Å². The first-order chi connectivity index (χ1) is 9.20. The molecule has 0 amide bonds. The minimum Gasteiger partial charge on any atom is -0.466 e. The van der Waals surface area contributed by atoms with Crippen LogP contribution in [0.2, 0.25) is 0 Å².